The van der Waals surface area contributed by atoms with Gasteiger partial charge in [-0.15, -0.1) is 0 Å². The highest BCUT2D eigenvalue weighted by Crippen LogP contribution is 2.30. The highest BCUT2D eigenvalue weighted by molar-refractivity contribution is 5.89. The standard InChI is InChI=1S/C17H21N5O/c1-3-15(23)22-8-11-6-13(7-12(11)9-22)21-17-14-4-5-18-16(14)19-10(2)20-17/h3-8,10,14,16-21H,1,9H2,2H3. The van der Waals surface area contributed by atoms with Crippen molar-refractivity contribution in [1.82, 2.24) is 26.2 Å². The Balaban J connectivity index is 1.48. The van der Waals surface area contributed by atoms with Crippen LogP contribution in [-0.4, -0.2) is 35.8 Å². The average molecular weight is 311 g/mol. The zero-order valence-corrected chi connectivity index (χ0v) is 13.0. The molecular formula is C17H21N5O. The third-order valence-corrected chi connectivity index (χ3v) is 4.65. The Labute approximate surface area is 135 Å². The molecule has 4 unspecified atom stereocenters. The molecule has 1 saturated heterocycles. The molecule has 0 saturated carbocycles. The van der Waals surface area contributed by atoms with Crippen molar-refractivity contribution in [2.45, 2.75) is 25.4 Å². The Morgan fingerprint density at radius 1 is 1.43 bits per heavy atom. The summed E-state index contributed by atoms with van der Waals surface area (Å²) in [6, 6.07) is 0. The first-order valence-corrected chi connectivity index (χ1v) is 7.93. The monoisotopic (exact) mass is 311 g/mol. The minimum Gasteiger partial charge on any atom is -0.375 e. The van der Waals surface area contributed by atoms with E-state index in [4.69, 9.17) is 0 Å². The number of nitrogens with zero attached hydrogens (tertiary/aromatic N) is 1. The maximum absolute atomic E-state index is 11.7. The fraction of sp³-hybridized carbons (Fsp3) is 0.353. The van der Waals surface area contributed by atoms with E-state index < -0.39 is 0 Å². The first-order valence-electron chi connectivity index (χ1n) is 7.93. The molecule has 4 atom stereocenters. The summed E-state index contributed by atoms with van der Waals surface area (Å²) in [4.78, 5) is 13.4. The molecule has 0 aromatic carbocycles. The van der Waals surface area contributed by atoms with Gasteiger partial charge in [0.1, 0.15) is 0 Å². The van der Waals surface area contributed by atoms with E-state index in [0.29, 0.717) is 12.5 Å². The van der Waals surface area contributed by atoms with Crippen LogP contribution in [0.3, 0.4) is 0 Å². The highest BCUT2D eigenvalue weighted by Gasteiger charge is 2.36. The maximum Gasteiger partial charge on any atom is 0.250 e. The molecule has 4 N–H and O–H groups in total. The number of hydrogen-bond acceptors (Lipinski definition) is 5. The van der Waals surface area contributed by atoms with Gasteiger partial charge in [-0.25, -0.2) is 0 Å². The van der Waals surface area contributed by atoms with Crippen molar-refractivity contribution in [1.29, 1.82) is 0 Å². The summed E-state index contributed by atoms with van der Waals surface area (Å²) >= 11 is 0. The molecule has 1 fully saturated rings. The lowest BCUT2D eigenvalue weighted by atomic mass is 10.0. The van der Waals surface area contributed by atoms with Gasteiger partial charge in [-0.2, -0.15) is 0 Å². The Morgan fingerprint density at radius 3 is 3.09 bits per heavy atom. The third kappa shape index (κ3) is 2.50. The van der Waals surface area contributed by atoms with Gasteiger partial charge in [-0.1, -0.05) is 12.7 Å². The molecule has 3 aliphatic heterocycles. The van der Waals surface area contributed by atoms with Gasteiger partial charge in [0.05, 0.1) is 25.0 Å². The van der Waals surface area contributed by atoms with Crippen LogP contribution in [0, 0.1) is 5.92 Å². The summed E-state index contributed by atoms with van der Waals surface area (Å²) in [6.45, 7) is 6.26. The van der Waals surface area contributed by atoms with Gasteiger partial charge in [0.25, 0.3) is 0 Å². The molecule has 1 amide bonds. The Kier molecular flexibility index (Phi) is 3.36. The summed E-state index contributed by atoms with van der Waals surface area (Å²) < 4.78 is 0. The number of allylic oxidation sites excluding steroid dienone is 2. The van der Waals surface area contributed by atoms with Crippen molar-refractivity contribution in [3.8, 4) is 0 Å². The first kappa shape index (κ1) is 14.3. The SMILES string of the molecule is C=CC(=O)N1C=C2C=C(NC3NC(C)NC4NC=CC43)C=C2C1. The van der Waals surface area contributed by atoms with Crippen LogP contribution in [0.25, 0.3) is 0 Å². The molecule has 23 heavy (non-hydrogen) atoms. The second-order valence-electron chi connectivity index (χ2n) is 6.28. The van der Waals surface area contributed by atoms with Gasteiger partial charge in [-0.3, -0.25) is 15.4 Å². The van der Waals surface area contributed by atoms with Crippen molar-refractivity contribution in [3.63, 3.8) is 0 Å². The zero-order valence-electron chi connectivity index (χ0n) is 13.0. The van der Waals surface area contributed by atoms with Crippen LogP contribution in [0.5, 0.6) is 0 Å². The van der Waals surface area contributed by atoms with Gasteiger partial charge in [-0.05, 0) is 42.5 Å². The molecule has 0 spiro atoms. The first-order chi connectivity index (χ1) is 11.1. The largest absolute Gasteiger partial charge is 0.375 e. The van der Waals surface area contributed by atoms with Crippen LogP contribution >= 0.6 is 0 Å². The minimum atomic E-state index is -0.0606. The van der Waals surface area contributed by atoms with E-state index in [0.717, 1.165) is 11.3 Å². The van der Waals surface area contributed by atoms with Gasteiger partial charge < -0.3 is 15.5 Å². The Bertz CT molecular complexity index is 674. The Morgan fingerprint density at radius 2 is 2.30 bits per heavy atom. The fourth-order valence-electron chi connectivity index (χ4n) is 3.54. The highest BCUT2D eigenvalue weighted by atomic mass is 16.2. The summed E-state index contributed by atoms with van der Waals surface area (Å²) in [5, 5.41) is 13.9. The van der Waals surface area contributed by atoms with Crippen LogP contribution in [0.15, 0.2) is 60.1 Å². The molecule has 0 radical (unpaired) electrons. The molecule has 3 heterocycles. The van der Waals surface area contributed by atoms with Crippen molar-refractivity contribution >= 4 is 5.91 Å². The van der Waals surface area contributed by atoms with E-state index in [9.17, 15) is 4.79 Å². The quantitative estimate of drug-likeness (QED) is 0.562. The van der Waals surface area contributed by atoms with Gasteiger partial charge in [0.2, 0.25) is 5.91 Å². The number of hydrogen-bond donors (Lipinski definition) is 4. The number of carbonyl (C=O) groups excluding carboxylic acids is 1. The van der Waals surface area contributed by atoms with E-state index in [-0.39, 0.29) is 24.4 Å². The van der Waals surface area contributed by atoms with E-state index in [1.807, 2.05) is 12.4 Å². The smallest absolute Gasteiger partial charge is 0.250 e. The Hall–Kier alpha value is -2.31. The second-order valence-corrected chi connectivity index (χ2v) is 6.28. The number of nitrogens with one attached hydrogen (secondary N) is 4. The van der Waals surface area contributed by atoms with Crippen molar-refractivity contribution < 1.29 is 4.79 Å². The van der Waals surface area contributed by atoms with Gasteiger partial charge in [0, 0.05) is 17.8 Å². The van der Waals surface area contributed by atoms with Gasteiger partial charge in [0.15, 0.2) is 0 Å². The molecule has 0 aromatic heterocycles. The lowest BCUT2D eigenvalue weighted by molar-refractivity contribution is -0.123. The van der Waals surface area contributed by atoms with Crippen LogP contribution in [0.2, 0.25) is 0 Å². The van der Waals surface area contributed by atoms with E-state index >= 15 is 0 Å². The molecule has 6 heteroatoms. The fourth-order valence-corrected chi connectivity index (χ4v) is 3.54. The molecule has 4 rings (SSSR count). The van der Waals surface area contributed by atoms with Crippen LogP contribution < -0.4 is 21.3 Å². The third-order valence-electron chi connectivity index (χ3n) is 4.65. The molecule has 4 aliphatic rings. The topological polar surface area (TPSA) is 68.4 Å². The molecule has 6 nitrogen and oxygen atoms in total. The normalized spacial score (nSPS) is 34.1. The van der Waals surface area contributed by atoms with E-state index in [1.54, 1.807) is 4.90 Å². The van der Waals surface area contributed by atoms with Crippen molar-refractivity contribution in [2.75, 3.05) is 6.54 Å². The summed E-state index contributed by atoms with van der Waals surface area (Å²) in [7, 11) is 0. The molecular weight excluding hydrogens is 290 g/mol. The van der Waals surface area contributed by atoms with Crippen LogP contribution in [0.1, 0.15) is 6.92 Å². The molecule has 1 aliphatic carbocycles. The summed E-state index contributed by atoms with van der Waals surface area (Å²) in [6.07, 6.45) is 12.3. The predicted octanol–water partition coefficient (Wildman–Crippen LogP) is 0.236. The molecule has 0 aromatic rings. The number of amides is 1. The average Bonchev–Trinajstić information content (AvgIpc) is 3.19. The number of carbonyl (C=O) groups is 1. The summed E-state index contributed by atoms with van der Waals surface area (Å²) in [5.74, 6) is 0.285. The number of rotatable bonds is 3. The molecule has 120 valence electrons. The van der Waals surface area contributed by atoms with Crippen LogP contribution in [0.4, 0.5) is 0 Å². The second kappa shape index (κ2) is 5.40. The number of fused-ring (bicyclic) bond motifs is 2. The van der Waals surface area contributed by atoms with Gasteiger partial charge >= 0.3 is 0 Å². The molecule has 0 bridgehead atoms. The maximum atomic E-state index is 11.7. The summed E-state index contributed by atoms with van der Waals surface area (Å²) in [5.41, 5.74) is 3.35. The minimum absolute atomic E-state index is 0.0606. The van der Waals surface area contributed by atoms with E-state index in [1.165, 1.54) is 11.6 Å². The van der Waals surface area contributed by atoms with Crippen LogP contribution in [-0.2, 0) is 4.79 Å². The lowest BCUT2D eigenvalue weighted by Gasteiger charge is -2.40. The zero-order chi connectivity index (χ0) is 16.0. The lowest BCUT2D eigenvalue weighted by Crippen LogP contribution is -2.67. The van der Waals surface area contributed by atoms with Crippen molar-refractivity contribution in [2.24, 2.45) is 5.92 Å². The predicted molar refractivity (Wildman–Crippen MR) is 88.4 cm³/mol. The van der Waals surface area contributed by atoms with E-state index in [2.05, 4.69) is 53.0 Å². The van der Waals surface area contributed by atoms with Crippen molar-refractivity contribution in [3.05, 3.63) is 60.1 Å².